The van der Waals surface area contributed by atoms with Crippen LogP contribution >= 0.6 is 0 Å². The van der Waals surface area contributed by atoms with Gasteiger partial charge in [0.25, 0.3) is 0 Å². The van der Waals surface area contributed by atoms with E-state index in [4.69, 9.17) is 0 Å². The first-order chi connectivity index (χ1) is 11.1. The molecule has 1 saturated carbocycles. The third kappa shape index (κ3) is 5.08. The van der Waals surface area contributed by atoms with E-state index in [1.54, 1.807) is 18.2 Å². The van der Waals surface area contributed by atoms with Crippen LogP contribution in [0.4, 0.5) is 14.5 Å². The standard InChI is InChI=1S/C17H24F2N2O2/c1-2-21(13-8-4-3-5-9-13)16(22)12-20-14-10-6-7-11-15(14)23-17(18)19/h6-7,10-11,13,17,20H,2-5,8-9,12H2,1H3. The molecule has 1 amide bonds. The SMILES string of the molecule is CCN(C(=O)CNc1ccccc1OC(F)F)C1CCCCC1. The summed E-state index contributed by atoms with van der Waals surface area (Å²) in [7, 11) is 0. The zero-order valence-electron chi connectivity index (χ0n) is 13.4. The minimum Gasteiger partial charge on any atom is -0.433 e. The van der Waals surface area contributed by atoms with E-state index in [-0.39, 0.29) is 18.2 Å². The number of alkyl halides is 2. The lowest BCUT2D eigenvalue weighted by Gasteiger charge is -2.33. The Labute approximate surface area is 135 Å². The maximum atomic E-state index is 12.5. The molecule has 2 rings (SSSR count). The molecule has 1 aromatic rings. The molecule has 1 aliphatic rings. The topological polar surface area (TPSA) is 41.6 Å². The molecule has 1 aromatic carbocycles. The maximum Gasteiger partial charge on any atom is 0.387 e. The van der Waals surface area contributed by atoms with Gasteiger partial charge < -0.3 is 15.0 Å². The molecular formula is C17H24F2N2O2. The number of nitrogens with one attached hydrogen (secondary N) is 1. The summed E-state index contributed by atoms with van der Waals surface area (Å²) in [5.41, 5.74) is 0.404. The summed E-state index contributed by atoms with van der Waals surface area (Å²) in [5, 5.41) is 2.92. The summed E-state index contributed by atoms with van der Waals surface area (Å²) < 4.78 is 29.3. The number of hydrogen-bond donors (Lipinski definition) is 1. The van der Waals surface area contributed by atoms with Crippen LogP contribution in [-0.4, -0.2) is 36.5 Å². The maximum absolute atomic E-state index is 12.5. The first-order valence-corrected chi connectivity index (χ1v) is 8.19. The number of rotatable bonds is 7. The third-order valence-electron chi connectivity index (χ3n) is 4.21. The molecule has 0 unspecified atom stereocenters. The van der Waals surface area contributed by atoms with Crippen LogP contribution < -0.4 is 10.1 Å². The minimum absolute atomic E-state index is 0.00810. The van der Waals surface area contributed by atoms with Gasteiger partial charge in [-0.05, 0) is 31.9 Å². The van der Waals surface area contributed by atoms with Gasteiger partial charge >= 0.3 is 6.61 Å². The molecule has 0 radical (unpaired) electrons. The summed E-state index contributed by atoms with van der Waals surface area (Å²) in [6, 6.07) is 6.71. The van der Waals surface area contributed by atoms with Gasteiger partial charge in [0.15, 0.2) is 0 Å². The fraction of sp³-hybridized carbons (Fsp3) is 0.588. The van der Waals surface area contributed by atoms with E-state index in [1.165, 1.54) is 12.5 Å². The predicted octanol–water partition coefficient (Wildman–Crippen LogP) is 3.88. The molecule has 0 atom stereocenters. The fourth-order valence-electron chi connectivity index (χ4n) is 3.11. The number of likely N-dealkylation sites (N-methyl/N-ethyl adjacent to an activating group) is 1. The lowest BCUT2D eigenvalue weighted by atomic mass is 9.94. The Morgan fingerprint density at radius 3 is 2.65 bits per heavy atom. The number of carbonyl (C=O) groups is 1. The van der Waals surface area contributed by atoms with Gasteiger partial charge in [-0.1, -0.05) is 31.4 Å². The number of halogens is 2. The second-order valence-corrected chi connectivity index (χ2v) is 5.70. The zero-order valence-corrected chi connectivity index (χ0v) is 13.4. The monoisotopic (exact) mass is 326 g/mol. The van der Waals surface area contributed by atoms with Crippen molar-refractivity contribution in [3.8, 4) is 5.75 Å². The van der Waals surface area contributed by atoms with Gasteiger partial charge in [-0.2, -0.15) is 8.78 Å². The summed E-state index contributed by atoms with van der Waals surface area (Å²) in [6.45, 7) is -0.169. The molecule has 128 valence electrons. The summed E-state index contributed by atoms with van der Waals surface area (Å²) in [5.74, 6) is 0.0438. The largest absolute Gasteiger partial charge is 0.433 e. The number of anilines is 1. The molecule has 1 fully saturated rings. The second-order valence-electron chi connectivity index (χ2n) is 5.70. The highest BCUT2D eigenvalue weighted by Crippen LogP contribution is 2.26. The van der Waals surface area contributed by atoms with Crippen molar-refractivity contribution in [1.82, 2.24) is 4.90 Å². The highest BCUT2D eigenvalue weighted by molar-refractivity contribution is 5.81. The van der Waals surface area contributed by atoms with E-state index in [0.717, 1.165) is 25.7 Å². The summed E-state index contributed by atoms with van der Waals surface area (Å²) in [6.07, 6.45) is 5.65. The van der Waals surface area contributed by atoms with Crippen molar-refractivity contribution in [3.63, 3.8) is 0 Å². The Morgan fingerprint density at radius 2 is 2.00 bits per heavy atom. The molecular weight excluding hydrogens is 302 g/mol. The average molecular weight is 326 g/mol. The number of hydrogen-bond acceptors (Lipinski definition) is 3. The van der Waals surface area contributed by atoms with Crippen molar-refractivity contribution in [3.05, 3.63) is 24.3 Å². The summed E-state index contributed by atoms with van der Waals surface area (Å²) in [4.78, 5) is 14.3. The lowest BCUT2D eigenvalue weighted by molar-refractivity contribution is -0.132. The zero-order chi connectivity index (χ0) is 16.7. The van der Waals surface area contributed by atoms with E-state index in [2.05, 4.69) is 10.1 Å². The van der Waals surface area contributed by atoms with Crippen LogP contribution in [0, 0.1) is 0 Å². The smallest absolute Gasteiger partial charge is 0.387 e. The number of para-hydroxylation sites is 2. The third-order valence-corrected chi connectivity index (χ3v) is 4.21. The fourth-order valence-corrected chi connectivity index (χ4v) is 3.11. The lowest BCUT2D eigenvalue weighted by Crippen LogP contribution is -2.43. The molecule has 0 saturated heterocycles. The van der Waals surface area contributed by atoms with E-state index < -0.39 is 6.61 Å². The predicted molar refractivity (Wildman–Crippen MR) is 85.8 cm³/mol. The molecule has 0 spiro atoms. The Hall–Kier alpha value is -1.85. The van der Waals surface area contributed by atoms with Crippen LogP contribution in [0.2, 0.25) is 0 Å². The van der Waals surface area contributed by atoms with Gasteiger partial charge in [-0.25, -0.2) is 0 Å². The highest BCUT2D eigenvalue weighted by Gasteiger charge is 2.24. The Bertz CT molecular complexity index is 505. The van der Waals surface area contributed by atoms with Crippen molar-refractivity contribution >= 4 is 11.6 Å². The van der Waals surface area contributed by atoms with Crippen LogP contribution in [0.25, 0.3) is 0 Å². The molecule has 0 aliphatic heterocycles. The van der Waals surface area contributed by atoms with E-state index in [0.29, 0.717) is 18.3 Å². The molecule has 4 nitrogen and oxygen atoms in total. The number of benzene rings is 1. The second kappa shape index (κ2) is 8.70. The molecule has 0 heterocycles. The number of ether oxygens (including phenoxy) is 1. The van der Waals surface area contributed by atoms with Crippen molar-refractivity contribution in [2.45, 2.75) is 51.7 Å². The quantitative estimate of drug-likeness (QED) is 0.827. The van der Waals surface area contributed by atoms with Crippen LogP contribution in [0.3, 0.4) is 0 Å². The van der Waals surface area contributed by atoms with Crippen molar-refractivity contribution < 1.29 is 18.3 Å². The molecule has 0 bridgehead atoms. The number of carbonyl (C=O) groups excluding carboxylic acids is 1. The Morgan fingerprint density at radius 1 is 1.30 bits per heavy atom. The van der Waals surface area contributed by atoms with E-state index in [1.807, 2.05) is 11.8 Å². The molecule has 1 aliphatic carbocycles. The number of nitrogens with zero attached hydrogens (tertiary/aromatic N) is 1. The van der Waals surface area contributed by atoms with Gasteiger partial charge in [0, 0.05) is 12.6 Å². The van der Waals surface area contributed by atoms with Crippen LogP contribution in [0.1, 0.15) is 39.0 Å². The van der Waals surface area contributed by atoms with Gasteiger partial charge in [0.1, 0.15) is 5.75 Å². The molecule has 6 heteroatoms. The number of amides is 1. The van der Waals surface area contributed by atoms with E-state index >= 15 is 0 Å². The summed E-state index contributed by atoms with van der Waals surface area (Å²) >= 11 is 0. The van der Waals surface area contributed by atoms with Gasteiger partial charge in [-0.3, -0.25) is 4.79 Å². The molecule has 0 aromatic heterocycles. The van der Waals surface area contributed by atoms with Crippen LogP contribution in [-0.2, 0) is 4.79 Å². The van der Waals surface area contributed by atoms with Crippen LogP contribution in [0.5, 0.6) is 5.75 Å². The Kier molecular flexibility index (Phi) is 6.62. The molecule has 1 N–H and O–H groups in total. The van der Waals surface area contributed by atoms with E-state index in [9.17, 15) is 13.6 Å². The molecule has 23 heavy (non-hydrogen) atoms. The van der Waals surface area contributed by atoms with Crippen molar-refractivity contribution in [2.24, 2.45) is 0 Å². The van der Waals surface area contributed by atoms with Gasteiger partial charge in [0.2, 0.25) is 5.91 Å². The van der Waals surface area contributed by atoms with Gasteiger partial charge in [0.05, 0.1) is 12.2 Å². The Balaban J connectivity index is 1.95. The normalized spacial score (nSPS) is 15.5. The average Bonchev–Trinajstić information content (AvgIpc) is 2.55. The van der Waals surface area contributed by atoms with Crippen molar-refractivity contribution in [1.29, 1.82) is 0 Å². The first-order valence-electron chi connectivity index (χ1n) is 8.19. The van der Waals surface area contributed by atoms with Crippen LogP contribution in [0.15, 0.2) is 24.3 Å². The minimum atomic E-state index is -2.89. The first kappa shape index (κ1) is 17.5. The van der Waals surface area contributed by atoms with Gasteiger partial charge in [-0.15, -0.1) is 0 Å². The highest BCUT2D eigenvalue weighted by atomic mass is 19.3. The van der Waals surface area contributed by atoms with Crippen molar-refractivity contribution in [2.75, 3.05) is 18.4 Å².